The average Bonchev–Trinajstić information content (AvgIpc) is 2.38. The molecule has 0 saturated carbocycles. The molecule has 0 radical (unpaired) electrons. The van der Waals surface area contributed by atoms with Gasteiger partial charge in [-0.3, -0.25) is 9.98 Å². The molecular weight excluding hydrogens is 224 g/mol. The van der Waals surface area contributed by atoms with Crippen molar-refractivity contribution in [3.05, 3.63) is 35.4 Å². The molecule has 18 heavy (non-hydrogen) atoms. The second kappa shape index (κ2) is 6.91. The standard InChI is InChI=1S/C14H22N4/c1-4-13(18-10(2)16)14(17-3)12-7-5-11(9-15)6-8-12/h5-8,13H,4,9,15H2,1-3H3,(H2,16,18). The Morgan fingerprint density at radius 2 is 1.89 bits per heavy atom. The number of rotatable bonds is 5. The number of nitrogens with two attached hydrogens (primary N) is 2. The Bertz CT molecular complexity index is 428. The third kappa shape index (κ3) is 3.67. The van der Waals surface area contributed by atoms with Gasteiger partial charge >= 0.3 is 0 Å². The highest BCUT2D eigenvalue weighted by atomic mass is 14.9. The monoisotopic (exact) mass is 246 g/mol. The number of hydrogen-bond donors (Lipinski definition) is 2. The molecule has 0 fully saturated rings. The van der Waals surface area contributed by atoms with Crippen LogP contribution in [0, 0.1) is 0 Å². The summed E-state index contributed by atoms with van der Waals surface area (Å²) in [6.07, 6.45) is 0.875. The van der Waals surface area contributed by atoms with Gasteiger partial charge in [0.15, 0.2) is 0 Å². The van der Waals surface area contributed by atoms with Gasteiger partial charge in [0.05, 0.1) is 17.6 Å². The van der Waals surface area contributed by atoms with Crippen LogP contribution in [0.25, 0.3) is 0 Å². The first-order valence-electron chi connectivity index (χ1n) is 6.18. The van der Waals surface area contributed by atoms with Gasteiger partial charge in [-0.15, -0.1) is 0 Å². The maximum absolute atomic E-state index is 5.66. The van der Waals surface area contributed by atoms with Crippen LogP contribution in [0.1, 0.15) is 31.4 Å². The van der Waals surface area contributed by atoms with E-state index in [0.717, 1.165) is 23.3 Å². The van der Waals surface area contributed by atoms with Gasteiger partial charge in [0.25, 0.3) is 0 Å². The molecule has 1 aromatic carbocycles. The zero-order valence-electron chi connectivity index (χ0n) is 11.4. The van der Waals surface area contributed by atoms with E-state index in [2.05, 4.69) is 16.9 Å². The molecule has 4 heteroatoms. The van der Waals surface area contributed by atoms with Gasteiger partial charge in [-0.2, -0.15) is 0 Å². The van der Waals surface area contributed by atoms with Crippen molar-refractivity contribution < 1.29 is 0 Å². The van der Waals surface area contributed by atoms with E-state index < -0.39 is 0 Å². The summed E-state index contributed by atoms with van der Waals surface area (Å²) >= 11 is 0. The van der Waals surface area contributed by atoms with Gasteiger partial charge in [-0.1, -0.05) is 31.2 Å². The van der Waals surface area contributed by atoms with E-state index in [4.69, 9.17) is 11.5 Å². The summed E-state index contributed by atoms with van der Waals surface area (Å²) in [5.74, 6) is 0.585. The number of amidine groups is 1. The molecule has 98 valence electrons. The molecule has 0 aliphatic heterocycles. The zero-order valence-corrected chi connectivity index (χ0v) is 11.4. The van der Waals surface area contributed by atoms with Crippen LogP contribution >= 0.6 is 0 Å². The van der Waals surface area contributed by atoms with E-state index in [0.29, 0.717) is 12.4 Å². The molecule has 1 aromatic rings. The van der Waals surface area contributed by atoms with Crippen molar-refractivity contribution in [3.8, 4) is 0 Å². The van der Waals surface area contributed by atoms with Gasteiger partial charge in [-0.05, 0) is 24.5 Å². The minimum Gasteiger partial charge on any atom is -0.388 e. The van der Waals surface area contributed by atoms with Crippen LogP contribution in [-0.4, -0.2) is 24.6 Å². The Balaban J connectivity index is 3.04. The molecule has 1 unspecified atom stereocenters. The van der Waals surface area contributed by atoms with E-state index in [-0.39, 0.29) is 6.04 Å². The van der Waals surface area contributed by atoms with Gasteiger partial charge in [0, 0.05) is 13.6 Å². The molecule has 1 rings (SSSR count). The molecule has 0 aromatic heterocycles. The Hall–Kier alpha value is -1.68. The Morgan fingerprint density at radius 1 is 1.28 bits per heavy atom. The van der Waals surface area contributed by atoms with E-state index in [1.54, 1.807) is 14.0 Å². The quantitative estimate of drug-likeness (QED) is 0.613. The number of benzene rings is 1. The van der Waals surface area contributed by atoms with Gasteiger partial charge < -0.3 is 11.5 Å². The fourth-order valence-corrected chi connectivity index (χ4v) is 1.87. The van der Waals surface area contributed by atoms with Crippen molar-refractivity contribution >= 4 is 11.5 Å². The van der Waals surface area contributed by atoms with E-state index in [1.165, 1.54) is 0 Å². The molecule has 0 heterocycles. The first kappa shape index (κ1) is 14.4. The first-order valence-corrected chi connectivity index (χ1v) is 6.18. The van der Waals surface area contributed by atoms with E-state index >= 15 is 0 Å². The van der Waals surface area contributed by atoms with Crippen LogP contribution in [0.4, 0.5) is 0 Å². The summed E-state index contributed by atoms with van der Waals surface area (Å²) in [6, 6.07) is 8.13. The minimum atomic E-state index is 0.0173. The van der Waals surface area contributed by atoms with Gasteiger partial charge in [0.2, 0.25) is 0 Å². The lowest BCUT2D eigenvalue weighted by atomic mass is 10.00. The van der Waals surface area contributed by atoms with Gasteiger partial charge in [-0.25, -0.2) is 0 Å². The molecule has 0 spiro atoms. The highest BCUT2D eigenvalue weighted by Gasteiger charge is 2.14. The summed E-state index contributed by atoms with van der Waals surface area (Å²) in [6.45, 7) is 4.43. The SMILES string of the molecule is CCC(N=C(C)N)C(=NC)c1ccc(CN)cc1. The summed E-state index contributed by atoms with van der Waals surface area (Å²) in [5, 5.41) is 0. The molecular formula is C14H22N4. The third-order valence-corrected chi connectivity index (χ3v) is 2.79. The van der Waals surface area contributed by atoms with Crippen LogP contribution < -0.4 is 11.5 Å². The number of hydrogen-bond acceptors (Lipinski definition) is 3. The molecule has 4 nitrogen and oxygen atoms in total. The lowest BCUT2D eigenvalue weighted by Crippen LogP contribution is -2.22. The summed E-state index contributed by atoms with van der Waals surface area (Å²) < 4.78 is 0. The highest BCUT2D eigenvalue weighted by molar-refractivity contribution is 6.05. The fraction of sp³-hybridized carbons (Fsp3) is 0.429. The predicted octanol–water partition coefficient (Wildman–Crippen LogP) is 1.72. The van der Waals surface area contributed by atoms with Crippen LogP contribution in [0.2, 0.25) is 0 Å². The number of aliphatic imine (C=N–C) groups is 2. The first-order chi connectivity index (χ1) is 8.62. The van der Waals surface area contributed by atoms with Crippen LogP contribution in [-0.2, 0) is 6.54 Å². The fourth-order valence-electron chi connectivity index (χ4n) is 1.87. The average molecular weight is 246 g/mol. The Labute approximate surface area is 109 Å². The maximum atomic E-state index is 5.66. The Kier molecular flexibility index (Phi) is 5.52. The molecule has 0 aliphatic rings. The van der Waals surface area contributed by atoms with E-state index in [1.807, 2.05) is 24.3 Å². The zero-order chi connectivity index (χ0) is 13.5. The molecule has 0 bridgehead atoms. The van der Waals surface area contributed by atoms with Crippen molar-refractivity contribution in [3.63, 3.8) is 0 Å². The van der Waals surface area contributed by atoms with Crippen LogP contribution in [0.3, 0.4) is 0 Å². The number of nitrogens with zero attached hydrogens (tertiary/aromatic N) is 2. The smallest absolute Gasteiger partial charge is 0.0938 e. The summed E-state index contributed by atoms with van der Waals surface area (Å²) in [5.41, 5.74) is 14.4. The summed E-state index contributed by atoms with van der Waals surface area (Å²) in [7, 11) is 1.79. The van der Waals surface area contributed by atoms with Crippen LogP contribution in [0.5, 0.6) is 0 Å². The second-order valence-corrected chi connectivity index (χ2v) is 4.20. The normalized spacial score (nSPS) is 14.7. The second-order valence-electron chi connectivity index (χ2n) is 4.20. The lowest BCUT2D eigenvalue weighted by molar-refractivity contribution is 0.817. The molecule has 0 amide bonds. The topological polar surface area (TPSA) is 76.8 Å². The van der Waals surface area contributed by atoms with Gasteiger partial charge in [0.1, 0.15) is 0 Å². The van der Waals surface area contributed by atoms with E-state index in [9.17, 15) is 0 Å². The maximum Gasteiger partial charge on any atom is 0.0938 e. The Morgan fingerprint density at radius 3 is 2.28 bits per heavy atom. The predicted molar refractivity (Wildman–Crippen MR) is 78.2 cm³/mol. The lowest BCUT2D eigenvalue weighted by Gasteiger charge is -2.14. The van der Waals surface area contributed by atoms with Crippen molar-refractivity contribution in [2.45, 2.75) is 32.9 Å². The minimum absolute atomic E-state index is 0.0173. The highest BCUT2D eigenvalue weighted by Crippen LogP contribution is 2.12. The molecule has 4 N–H and O–H groups in total. The van der Waals surface area contributed by atoms with Crippen molar-refractivity contribution in [2.75, 3.05) is 7.05 Å². The van der Waals surface area contributed by atoms with Crippen molar-refractivity contribution in [2.24, 2.45) is 21.5 Å². The summed E-state index contributed by atoms with van der Waals surface area (Å²) in [4.78, 5) is 8.79. The van der Waals surface area contributed by atoms with Crippen molar-refractivity contribution in [1.29, 1.82) is 0 Å². The van der Waals surface area contributed by atoms with Crippen molar-refractivity contribution in [1.82, 2.24) is 0 Å². The largest absolute Gasteiger partial charge is 0.388 e. The third-order valence-electron chi connectivity index (χ3n) is 2.79. The van der Waals surface area contributed by atoms with Crippen LogP contribution in [0.15, 0.2) is 34.3 Å². The molecule has 0 saturated heterocycles. The molecule has 0 aliphatic carbocycles. The molecule has 1 atom stereocenters.